The van der Waals surface area contributed by atoms with Crippen molar-refractivity contribution in [3.05, 3.63) is 57.6 Å². The second kappa shape index (κ2) is 6.57. The quantitative estimate of drug-likeness (QED) is 0.704. The van der Waals surface area contributed by atoms with Gasteiger partial charge in [0.1, 0.15) is 11.5 Å². The third-order valence-corrected chi connectivity index (χ3v) is 3.95. The predicted molar refractivity (Wildman–Crippen MR) is 83.7 cm³/mol. The Bertz CT molecular complexity index is 614. The van der Waals surface area contributed by atoms with E-state index in [1.165, 1.54) is 0 Å². The molecule has 0 saturated heterocycles. The third-order valence-electron chi connectivity index (χ3n) is 2.93. The Morgan fingerprint density at radius 3 is 2.15 bits per heavy atom. The predicted octanol–water partition coefficient (Wildman–Crippen LogP) is 5.34. The van der Waals surface area contributed by atoms with E-state index in [-0.39, 0.29) is 0 Å². The van der Waals surface area contributed by atoms with Gasteiger partial charge >= 0.3 is 0 Å². The van der Waals surface area contributed by atoms with Crippen LogP contribution in [0, 0.1) is 0 Å². The Hall–Kier alpha value is -1.09. The van der Waals surface area contributed by atoms with Crippen molar-refractivity contribution < 1.29 is 9.47 Å². The first-order chi connectivity index (χ1) is 9.56. The van der Waals surface area contributed by atoms with Gasteiger partial charge in [0.25, 0.3) is 0 Å². The summed E-state index contributed by atoms with van der Waals surface area (Å²) in [5.41, 5.74) is 1.64. The van der Waals surface area contributed by atoms with Crippen molar-refractivity contribution in [3.63, 3.8) is 0 Å². The first kappa shape index (κ1) is 15.3. The lowest BCUT2D eigenvalue weighted by Gasteiger charge is -2.15. The van der Waals surface area contributed by atoms with Gasteiger partial charge in [-0.25, -0.2) is 0 Å². The van der Waals surface area contributed by atoms with E-state index in [0.717, 1.165) is 11.1 Å². The normalized spacial score (nSPS) is 12.1. The van der Waals surface area contributed by atoms with E-state index >= 15 is 0 Å². The van der Waals surface area contributed by atoms with E-state index in [1.54, 1.807) is 44.6 Å². The van der Waals surface area contributed by atoms with Crippen LogP contribution in [0.2, 0.25) is 10.0 Å². The Morgan fingerprint density at radius 2 is 1.55 bits per heavy atom. The monoisotopic (exact) mass is 330 g/mol. The van der Waals surface area contributed by atoms with Crippen molar-refractivity contribution >= 4 is 34.8 Å². The highest BCUT2D eigenvalue weighted by molar-refractivity contribution is 6.32. The zero-order valence-corrected chi connectivity index (χ0v) is 13.3. The van der Waals surface area contributed by atoms with Crippen LogP contribution < -0.4 is 9.47 Å². The van der Waals surface area contributed by atoms with Crippen LogP contribution >= 0.6 is 34.8 Å². The molecule has 2 aromatic carbocycles. The molecule has 0 saturated carbocycles. The number of methoxy groups -OCH3 is 2. The Morgan fingerprint density at radius 1 is 0.900 bits per heavy atom. The van der Waals surface area contributed by atoms with Crippen LogP contribution in [0.5, 0.6) is 11.5 Å². The molecule has 0 amide bonds. The van der Waals surface area contributed by atoms with Crippen molar-refractivity contribution in [2.75, 3.05) is 14.2 Å². The lowest BCUT2D eigenvalue weighted by atomic mass is 10.0. The summed E-state index contributed by atoms with van der Waals surface area (Å²) in [5.74, 6) is 1.29. The van der Waals surface area contributed by atoms with Gasteiger partial charge in [0.05, 0.1) is 24.6 Å². The Labute approximate surface area is 133 Å². The SMILES string of the molecule is COc1ccc(C(Cl)c2cc(Cl)ccc2OC)cc1Cl. The van der Waals surface area contributed by atoms with Gasteiger partial charge in [-0.3, -0.25) is 0 Å². The smallest absolute Gasteiger partial charge is 0.137 e. The molecule has 0 bridgehead atoms. The molecule has 0 aliphatic heterocycles. The summed E-state index contributed by atoms with van der Waals surface area (Å²) in [6, 6.07) is 10.8. The van der Waals surface area contributed by atoms with Crippen molar-refractivity contribution in [1.82, 2.24) is 0 Å². The molecule has 0 spiro atoms. The molecule has 0 heterocycles. The number of hydrogen-bond acceptors (Lipinski definition) is 2. The van der Waals surface area contributed by atoms with Crippen molar-refractivity contribution in [1.29, 1.82) is 0 Å². The number of halogens is 3. The largest absolute Gasteiger partial charge is 0.496 e. The lowest BCUT2D eigenvalue weighted by molar-refractivity contribution is 0.410. The fraction of sp³-hybridized carbons (Fsp3) is 0.200. The van der Waals surface area contributed by atoms with Crippen LogP contribution in [-0.4, -0.2) is 14.2 Å². The van der Waals surface area contributed by atoms with Gasteiger partial charge in [-0.1, -0.05) is 29.3 Å². The van der Waals surface area contributed by atoms with E-state index in [2.05, 4.69) is 0 Å². The molecule has 0 radical (unpaired) electrons. The average molecular weight is 332 g/mol. The topological polar surface area (TPSA) is 18.5 Å². The summed E-state index contributed by atoms with van der Waals surface area (Å²) in [6.45, 7) is 0. The highest BCUT2D eigenvalue weighted by atomic mass is 35.5. The lowest BCUT2D eigenvalue weighted by Crippen LogP contribution is -1.98. The minimum absolute atomic E-state index is 0.410. The molecule has 5 heteroatoms. The molecule has 0 aliphatic rings. The molecular weight excluding hydrogens is 319 g/mol. The molecule has 0 aromatic heterocycles. The molecule has 2 nitrogen and oxygen atoms in total. The van der Waals surface area contributed by atoms with E-state index < -0.39 is 5.38 Å². The molecule has 0 fully saturated rings. The molecule has 1 unspecified atom stereocenters. The maximum Gasteiger partial charge on any atom is 0.137 e. The standard InChI is InChI=1S/C15H13Cl3O2/c1-19-13-6-4-10(16)8-11(13)15(18)9-3-5-14(20-2)12(17)7-9/h3-8,15H,1-2H3. The van der Waals surface area contributed by atoms with Crippen molar-refractivity contribution in [2.45, 2.75) is 5.38 Å². The van der Waals surface area contributed by atoms with Crippen LogP contribution in [0.4, 0.5) is 0 Å². The van der Waals surface area contributed by atoms with E-state index in [9.17, 15) is 0 Å². The zero-order chi connectivity index (χ0) is 14.7. The van der Waals surface area contributed by atoms with Gasteiger partial charge < -0.3 is 9.47 Å². The number of benzene rings is 2. The highest BCUT2D eigenvalue weighted by Gasteiger charge is 2.17. The molecular formula is C15H13Cl3O2. The summed E-state index contributed by atoms with van der Waals surface area (Å²) < 4.78 is 10.4. The van der Waals surface area contributed by atoms with Gasteiger partial charge in [0, 0.05) is 10.6 Å². The summed E-state index contributed by atoms with van der Waals surface area (Å²) in [7, 11) is 3.16. The van der Waals surface area contributed by atoms with Crippen LogP contribution in [0.25, 0.3) is 0 Å². The van der Waals surface area contributed by atoms with E-state index in [0.29, 0.717) is 21.5 Å². The Balaban J connectivity index is 2.43. The average Bonchev–Trinajstić information content (AvgIpc) is 2.46. The fourth-order valence-corrected chi connectivity index (χ4v) is 2.68. The van der Waals surface area contributed by atoms with E-state index in [4.69, 9.17) is 44.3 Å². The number of alkyl halides is 1. The van der Waals surface area contributed by atoms with Crippen LogP contribution in [0.3, 0.4) is 0 Å². The molecule has 0 aliphatic carbocycles. The first-order valence-electron chi connectivity index (χ1n) is 5.87. The molecule has 106 valence electrons. The number of rotatable bonds is 4. The second-order valence-corrected chi connectivity index (χ2v) is 5.42. The minimum atomic E-state index is -0.410. The highest BCUT2D eigenvalue weighted by Crippen LogP contribution is 2.38. The molecule has 0 N–H and O–H groups in total. The van der Waals surface area contributed by atoms with Gasteiger partial charge in [0.15, 0.2) is 0 Å². The van der Waals surface area contributed by atoms with Crippen LogP contribution in [0.15, 0.2) is 36.4 Å². The second-order valence-electron chi connectivity index (χ2n) is 4.14. The van der Waals surface area contributed by atoms with Crippen LogP contribution in [-0.2, 0) is 0 Å². The zero-order valence-electron chi connectivity index (χ0n) is 11.0. The Kier molecular flexibility index (Phi) is 5.03. The summed E-state index contributed by atoms with van der Waals surface area (Å²) >= 11 is 18.7. The number of hydrogen-bond donors (Lipinski definition) is 0. The summed E-state index contributed by atoms with van der Waals surface area (Å²) in [5, 5.41) is 0.703. The van der Waals surface area contributed by atoms with Crippen LogP contribution in [0.1, 0.15) is 16.5 Å². The van der Waals surface area contributed by atoms with Crippen molar-refractivity contribution in [3.8, 4) is 11.5 Å². The molecule has 20 heavy (non-hydrogen) atoms. The van der Waals surface area contributed by atoms with Gasteiger partial charge in [-0.2, -0.15) is 0 Å². The molecule has 1 atom stereocenters. The van der Waals surface area contributed by atoms with Gasteiger partial charge in [-0.15, -0.1) is 11.6 Å². The van der Waals surface area contributed by atoms with E-state index in [1.807, 2.05) is 6.07 Å². The summed E-state index contributed by atoms with van der Waals surface area (Å²) in [4.78, 5) is 0. The fourth-order valence-electron chi connectivity index (χ4n) is 1.92. The third kappa shape index (κ3) is 3.14. The van der Waals surface area contributed by atoms with Gasteiger partial charge in [0.2, 0.25) is 0 Å². The molecule has 2 aromatic rings. The van der Waals surface area contributed by atoms with Gasteiger partial charge in [-0.05, 0) is 35.9 Å². The molecule has 2 rings (SSSR count). The first-order valence-corrected chi connectivity index (χ1v) is 7.07. The number of ether oxygens (including phenoxy) is 2. The summed E-state index contributed by atoms with van der Waals surface area (Å²) in [6.07, 6.45) is 0. The van der Waals surface area contributed by atoms with Crippen molar-refractivity contribution in [2.24, 2.45) is 0 Å². The maximum absolute atomic E-state index is 6.52. The maximum atomic E-state index is 6.52. The minimum Gasteiger partial charge on any atom is -0.496 e.